The number of carbonyl (C=O) groups is 1. The number of amides is 1. The van der Waals surface area contributed by atoms with Crippen LogP contribution in [0.5, 0.6) is 0 Å². The fourth-order valence-corrected chi connectivity index (χ4v) is 2.95. The third-order valence-electron chi connectivity index (χ3n) is 4.29. The van der Waals surface area contributed by atoms with Gasteiger partial charge in [-0.3, -0.25) is 9.78 Å². The number of hydrogen-bond donors (Lipinski definition) is 2. The Hall–Kier alpha value is -3.28. The Morgan fingerprint density at radius 3 is 2.73 bits per heavy atom. The van der Waals surface area contributed by atoms with E-state index in [0.29, 0.717) is 23.4 Å². The van der Waals surface area contributed by atoms with Gasteiger partial charge in [0.05, 0.1) is 11.3 Å². The van der Waals surface area contributed by atoms with E-state index >= 15 is 0 Å². The summed E-state index contributed by atoms with van der Waals surface area (Å²) < 4.78 is 26.3. The molecule has 1 amide bonds. The first-order valence-electron chi connectivity index (χ1n) is 8.20. The molecule has 4 rings (SSSR count). The van der Waals surface area contributed by atoms with E-state index in [1.165, 1.54) is 6.07 Å². The van der Waals surface area contributed by atoms with Crippen LogP contribution < -0.4 is 5.32 Å². The fraction of sp³-hybridized carbons (Fsp3) is 0.100. The second-order valence-corrected chi connectivity index (χ2v) is 6.06. The average Bonchev–Trinajstić information content (AvgIpc) is 3.09. The van der Waals surface area contributed by atoms with Crippen LogP contribution in [0.1, 0.15) is 27.3 Å². The molecule has 0 unspecified atom stereocenters. The molecule has 0 fully saturated rings. The van der Waals surface area contributed by atoms with E-state index in [0.717, 1.165) is 35.5 Å². The van der Waals surface area contributed by atoms with E-state index in [1.54, 1.807) is 18.3 Å². The number of nitrogens with zero attached hydrogens (tertiary/aromatic N) is 1. The van der Waals surface area contributed by atoms with Gasteiger partial charge in [-0.1, -0.05) is 12.1 Å². The molecular formula is C20H15F2N3O. The van der Waals surface area contributed by atoms with Gasteiger partial charge >= 0.3 is 0 Å². The summed E-state index contributed by atoms with van der Waals surface area (Å²) in [6.45, 7) is 0.629. The van der Waals surface area contributed by atoms with E-state index in [-0.39, 0.29) is 5.91 Å². The molecule has 2 N–H and O–H groups in total. The van der Waals surface area contributed by atoms with E-state index in [1.807, 2.05) is 18.2 Å². The van der Waals surface area contributed by atoms with Crippen LogP contribution in [0.25, 0.3) is 23.4 Å². The van der Waals surface area contributed by atoms with E-state index in [9.17, 15) is 13.6 Å². The SMILES string of the molecule is O=C1NCCc2[nH]c(-c3ccnc(/C=C\c4ccc(F)c(F)c4)c3)cc21. The lowest BCUT2D eigenvalue weighted by Gasteiger charge is -2.10. The van der Waals surface area contributed by atoms with Gasteiger partial charge in [-0.05, 0) is 42.0 Å². The number of rotatable bonds is 3. The summed E-state index contributed by atoms with van der Waals surface area (Å²) in [6.07, 6.45) is 5.84. The molecule has 0 saturated carbocycles. The number of pyridine rings is 1. The van der Waals surface area contributed by atoms with Gasteiger partial charge in [0.1, 0.15) is 0 Å². The molecule has 0 radical (unpaired) electrons. The van der Waals surface area contributed by atoms with Crippen molar-refractivity contribution >= 4 is 18.1 Å². The minimum absolute atomic E-state index is 0.0683. The summed E-state index contributed by atoms with van der Waals surface area (Å²) in [5.41, 5.74) is 4.55. The number of H-pyrrole nitrogens is 1. The predicted molar refractivity (Wildman–Crippen MR) is 95.3 cm³/mol. The van der Waals surface area contributed by atoms with Crippen LogP contribution >= 0.6 is 0 Å². The van der Waals surface area contributed by atoms with Crippen molar-refractivity contribution in [3.05, 3.63) is 76.7 Å². The predicted octanol–water partition coefficient (Wildman–Crippen LogP) is 3.81. The highest BCUT2D eigenvalue weighted by molar-refractivity contribution is 5.97. The lowest BCUT2D eigenvalue weighted by molar-refractivity contribution is 0.0946. The zero-order valence-electron chi connectivity index (χ0n) is 13.7. The summed E-state index contributed by atoms with van der Waals surface area (Å²) in [5, 5.41) is 2.82. The Morgan fingerprint density at radius 2 is 1.92 bits per heavy atom. The Labute approximate surface area is 148 Å². The molecule has 6 heteroatoms. The van der Waals surface area contributed by atoms with Crippen molar-refractivity contribution < 1.29 is 13.6 Å². The molecule has 4 nitrogen and oxygen atoms in total. The molecule has 3 heterocycles. The van der Waals surface area contributed by atoms with Crippen LogP contribution in [-0.4, -0.2) is 22.4 Å². The van der Waals surface area contributed by atoms with Gasteiger partial charge in [0.2, 0.25) is 0 Å². The molecule has 0 spiro atoms. The van der Waals surface area contributed by atoms with Crippen molar-refractivity contribution in [2.24, 2.45) is 0 Å². The molecular weight excluding hydrogens is 336 g/mol. The maximum atomic E-state index is 13.3. The second-order valence-electron chi connectivity index (χ2n) is 6.06. The number of fused-ring (bicyclic) bond motifs is 1. The number of carbonyl (C=O) groups excluding carboxylic acids is 1. The number of nitrogens with one attached hydrogen (secondary N) is 2. The van der Waals surface area contributed by atoms with Gasteiger partial charge in [-0.2, -0.15) is 0 Å². The third-order valence-corrected chi connectivity index (χ3v) is 4.29. The molecule has 0 atom stereocenters. The summed E-state index contributed by atoms with van der Waals surface area (Å²) >= 11 is 0. The highest BCUT2D eigenvalue weighted by Gasteiger charge is 2.19. The first kappa shape index (κ1) is 16.2. The van der Waals surface area contributed by atoms with Gasteiger partial charge in [-0.25, -0.2) is 8.78 Å². The van der Waals surface area contributed by atoms with Crippen molar-refractivity contribution in [2.45, 2.75) is 6.42 Å². The lowest BCUT2D eigenvalue weighted by atomic mass is 10.1. The van der Waals surface area contributed by atoms with Crippen LogP contribution in [0.4, 0.5) is 8.78 Å². The molecule has 26 heavy (non-hydrogen) atoms. The zero-order valence-corrected chi connectivity index (χ0v) is 13.7. The first-order valence-corrected chi connectivity index (χ1v) is 8.20. The number of hydrogen-bond acceptors (Lipinski definition) is 2. The van der Waals surface area contributed by atoms with Crippen molar-refractivity contribution in [3.8, 4) is 11.3 Å². The molecule has 2 aromatic heterocycles. The van der Waals surface area contributed by atoms with Crippen LogP contribution in [0, 0.1) is 11.6 Å². The topological polar surface area (TPSA) is 57.8 Å². The van der Waals surface area contributed by atoms with Crippen molar-refractivity contribution in [1.82, 2.24) is 15.3 Å². The molecule has 1 aliphatic heterocycles. The monoisotopic (exact) mass is 351 g/mol. The number of benzene rings is 1. The largest absolute Gasteiger partial charge is 0.358 e. The number of aromatic amines is 1. The van der Waals surface area contributed by atoms with Crippen LogP contribution in [0.2, 0.25) is 0 Å². The van der Waals surface area contributed by atoms with Crippen LogP contribution in [0.3, 0.4) is 0 Å². The van der Waals surface area contributed by atoms with Gasteiger partial charge in [0.25, 0.3) is 5.91 Å². The number of halogens is 2. The normalized spacial score (nSPS) is 13.7. The minimum Gasteiger partial charge on any atom is -0.358 e. The quantitative estimate of drug-likeness (QED) is 0.754. The Morgan fingerprint density at radius 1 is 1.04 bits per heavy atom. The Bertz CT molecular complexity index is 1020. The smallest absolute Gasteiger partial charge is 0.253 e. The standard InChI is InChI=1S/C20H15F2N3O/c21-16-4-2-12(9-17(16)22)1-3-14-10-13(5-7-23-14)19-11-15-18(25-19)6-8-24-20(15)26/h1-5,7,9-11,25H,6,8H2,(H,24,26)/b3-1-. The van der Waals surface area contributed by atoms with Crippen LogP contribution in [-0.2, 0) is 6.42 Å². The summed E-state index contributed by atoms with van der Waals surface area (Å²) in [5.74, 6) is -1.83. The minimum atomic E-state index is -0.885. The molecule has 0 saturated heterocycles. The zero-order chi connectivity index (χ0) is 18.1. The van der Waals surface area contributed by atoms with Crippen molar-refractivity contribution in [3.63, 3.8) is 0 Å². The van der Waals surface area contributed by atoms with Crippen molar-refractivity contribution in [2.75, 3.05) is 6.54 Å². The molecule has 0 aliphatic carbocycles. The van der Waals surface area contributed by atoms with Gasteiger partial charge in [-0.15, -0.1) is 0 Å². The molecule has 1 aliphatic rings. The lowest BCUT2D eigenvalue weighted by Crippen LogP contribution is -2.31. The highest BCUT2D eigenvalue weighted by Crippen LogP contribution is 2.24. The van der Waals surface area contributed by atoms with Gasteiger partial charge in [0.15, 0.2) is 11.6 Å². The molecule has 3 aromatic rings. The Balaban J connectivity index is 1.62. The molecule has 0 bridgehead atoms. The number of aromatic nitrogens is 2. The fourth-order valence-electron chi connectivity index (χ4n) is 2.95. The second kappa shape index (κ2) is 6.55. The maximum Gasteiger partial charge on any atom is 0.253 e. The van der Waals surface area contributed by atoms with Gasteiger partial charge < -0.3 is 10.3 Å². The van der Waals surface area contributed by atoms with Gasteiger partial charge in [0, 0.05) is 36.1 Å². The molecule has 130 valence electrons. The Kier molecular flexibility index (Phi) is 4.08. The highest BCUT2D eigenvalue weighted by atomic mass is 19.2. The van der Waals surface area contributed by atoms with Crippen molar-refractivity contribution in [1.29, 1.82) is 0 Å². The third kappa shape index (κ3) is 3.13. The maximum absolute atomic E-state index is 13.3. The summed E-state index contributed by atoms with van der Waals surface area (Å²) in [4.78, 5) is 19.5. The van der Waals surface area contributed by atoms with E-state index < -0.39 is 11.6 Å². The van der Waals surface area contributed by atoms with E-state index in [4.69, 9.17) is 0 Å². The first-order chi connectivity index (χ1) is 12.6. The average molecular weight is 351 g/mol. The van der Waals surface area contributed by atoms with Crippen LogP contribution in [0.15, 0.2) is 42.6 Å². The summed E-state index contributed by atoms with van der Waals surface area (Å²) in [6, 6.07) is 9.27. The molecule has 1 aromatic carbocycles. The van der Waals surface area contributed by atoms with E-state index in [2.05, 4.69) is 15.3 Å². The summed E-state index contributed by atoms with van der Waals surface area (Å²) in [7, 11) is 0.